The van der Waals surface area contributed by atoms with Crippen LogP contribution >= 0.6 is 0 Å². The highest BCUT2D eigenvalue weighted by Gasteiger charge is 2.12. The molecule has 0 fully saturated rings. The molecule has 0 aliphatic rings. The Morgan fingerprint density at radius 3 is 2.60 bits per heavy atom. The lowest BCUT2D eigenvalue weighted by Crippen LogP contribution is -2.33. The molecule has 0 heterocycles. The van der Waals surface area contributed by atoms with Gasteiger partial charge in [0.05, 0.1) is 12.9 Å². The van der Waals surface area contributed by atoms with E-state index in [2.05, 4.69) is 10.1 Å². The average molecular weight is 215 g/mol. The molecule has 0 aromatic carbocycles. The molecule has 0 aliphatic heterocycles. The molecule has 0 aromatic heterocycles. The zero-order chi connectivity index (χ0) is 11.8. The third kappa shape index (κ3) is 6.06. The normalized spacial score (nSPS) is 12.3. The lowest BCUT2D eigenvalue weighted by molar-refractivity contribution is -0.142. The van der Waals surface area contributed by atoms with Crippen molar-refractivity contribution in [3.63, 3.8) is 0 Å². The van der Waals surface area contributed by atoms with E-state index in [0.29, 0.717) is 18.8 Å². The van der Waals surface area contributed by atoms with Crippen LogP contribution in [0, 0.1) is 11.3 Å². The van der Waals surface area contributed by atoms with E-state index in [4.69, 9.17) is 11.1 Å². The van der Waals surface area contributed by atoms with Crippen LogP contribution in [-0.2, 0) is 9.53 Å². The molecule has 0 saturated carbocycles. The van der Waals surface area contributed by atoms with Gasteiger partial charge in [-0.2, -0.15) is 0 Å². The first-order chi connectivity index (χ1) is 6.99. The molecule has 0 amide bonds. The average Bonchev–Trinajstić information content (AvgIpc) is 2.22. The molecule has 0 radical (unpaired) electrons. The van der Waals surface area contributed by atoms with Gasteiger partial charge in [0.25, 0.3) is 0 Å². The molecule has 15 heavy (non-hydrogen) atoms. The highest BCUT2D eigenvalue weighted by atomic mass is 16.5. The van der Waals surface area contributed by atoms with Crippen molar-refractivity contribution in [3.8, 4) is 0 Å². The van der Waals surface area contributed by atoms with E-state index < -0.39 is 6.04 Å². The van der Waals surface area contributed by atoms with Crippen LogP contribution < -0.4 is 11.1 Å². The van der Waals surface area contributed by atoms with E-state index in [-0.39, 0.29) is 11.9 Å². The summed E-state index contributed by atoms with van der Waals surface area (Å²) in [6.45, 7) is 4.58. The van der Waals surface area contributed by atoms with Gasteiger partial charge in [-0.15, -0.1) is 0 Å². The quantitative estimate of drug-likeness (QED) is 0.260. The van der Waals surface area contributed by atoms with E-state index in [1.165, 1.54) is 7.11 Å². The summed E-state index contributed by atoms with van der Waals surface area (Å²) in [5, 5.41) is 10.5. The number of hydrogen-bond donors (Lipinski definition) is 3. The van der Waals surface area contributed by atoms with Gasteiger partial charge in [0.1, 0.15) is 6.04 Å². The van der Waals surface area contributed by atoms with Crippen molar-refractivity contribution < 1.29 is 9.53 Å². The Labute approximate surface area is 90.9 Å². The van der Waals surface area contributed by atoms with Gasteiger partial charge in [-0.25, -0.2) is 0 Å². The maximum absolute atomic E-state index is 10.9. The Balaban J connectivity index is 3.54. The van der Waals surface area contributed by atoms with Crippen molar-refractivity contribution in [2.24, 2.45) is 11.7 Å². The van der Waals surface area contributed by atoms with Crippen LogP contribution in [0.2, 0.25) is 0 Å². The molecule has 5 heteroatoms. The largest absolute Gasteiger partial charge is 0.468 e. The zero-order valence-corrected chi connectivity index (χ0v) is 9.67. The summed E-state index contributed by atoms with van der Waals surface area (Å²) >= 11 is 0. The van der Waals surface area contributed by atoms with Crippen LogP contribution in [-0.4, -0.2) is 31.5 Å². The molecule has 1 atom stereocenters. The van der Waals surface area contributed by atoms with Crippen LogP contribution in [0.15, 0.2) is 0 Å². The summed E-state index contributed by atoms with van der Waals surface area (Å²) in [5.41, 5.74) is 5.55. The third-order valence-electron chi connectivity index (χ3n) is 2.09. The van der Waals surface area contributed by atoms with Crippen LogP contribution in [0.3, 0.4) is 0 Å². The fraction of sp³-hybridized carbons (Fsp3) is 0.800. The minimum atomic E-state index is -0.551. The summed E-state index contributed by atoms with van der Waals surface area (Å²) in [6, 6.07) is -0.551. The van der Waals surface area contributed by atoms with Gasteiger partial charge < -0.3 is 15.8 Å². The predicted octanol–water partition coefficient (Wildman–Crippen LogP) is 0.490. The van der Waals surface area contributed by atoms with E-state index in [1.54, 1.807) is 0 Å². The SMILES string of the molecule is COC(=O)C(N)CCCNC(=N)C(C)C. The monoisotopic (exact) mass is 215 g/mol. The Hall–Kier alpha value is -1.10. The topological polar surface area (TPSA) is 88.2 Å². The zero-order valence-electron chi connectivity index (χ0n) is 9.67. The fourth-order valence-corrected chi connectivity index (χ4v) is 1.02. The number of rotatable bonds is 6. The summed E-state index contributed by atoms with van der Waals surface area (Å²) in [6.07, 6.45) is 1.33. The van der Waals surface area contributed by atoms with Gasteiger partial charge >= 0.3 is 5.97 Å². The van der Waals surface area contributed by atoms with Crippen molar-refractivity contribution in [1.82, 2.24) is 5.32 Å². The first-order valence-corrected chi connectivity index (χ1v) is 5.14. The molecule has 0 spiro atoms. The van der Waals surface area contributed by atoms with Crippen molar-refractivity contribution in [2.45, 2.75) is 32.7 Å². The molecule has 4 N–H and O–H groups in total. The third-order valence-corrected chi connectivity index (χ3v) is 2.09. The van der Waals surface area contributed by atoms with E-state index in [9.17, 15) is 4.79 Å². The first kappa shape index (κ1) is 13.9. The molecule has 88 valence electrons. The number of carbonyl (C=O) groups excluding carboxylic acids is 1. The molecule has 0 aromatic rings. The van der Waals surface area contributed by atoms with E-state index in [0.717, 1.165) is 6.42 Å². The minimum absolute atomic E-state index is 0.208. The van der Waals surface area contributed by atoms with Gasteiger partial charge in [-0.1, -0.05) is 13.8 Å². The lowest BCUT2D eigenvalue weighted by Gasteiger charge is -2.12. The van der Waals surface area contributed by atoms with Crippen molar-refractivity contribution >= 4 is 11.8 Å². The molecule has 0 aliphatic carbocycles. The molecule has 0 saturated heterocycles. The van der Waals surface area contributed by atoms with Crippen LogP contribution in [0.25, 0.3) is 0 Å². The minimum Gasteiger partial charge on any atom is -0.468 e. The standard InChI is InChI=1S/C10H21N3O2/c1-7(2)9(12)13-6-4-5-8(11)10(14)15-3/h7-8H,4-6,11H2,1-3H3,(H2,12,13). The molecular formula is C10H21N3O2. The summed E-state index contributed by atoms with van der Waals surface area (Å²) in [4.78, 5) is 10.9. The second-order valence-electron chi connectivity index (χ2n) is 3.77. The van der Waals surface area contributed by atoms with Crippen molar-refractivity contribution in [2.75, 3.05) is 13.7 Å². The molecule has 5 nitrogen and oxygen atoms in total. The number of amidine groups is 1. The fourth-order valence-electron chi connectivity index (χ4n) is 1.02. The number of methoxy groups -OCH3 is 1. The van der Waals surface area contributed by atoms with E-state index in [1.807, 2.05) is 13.8 Å². The van der Waals surface area contributed by atoms with Gasteiger partial charge in [0.2, 0.25) is 0 Å². The smallest absolute Gasteiger partial charge is 0.322 e. The highest BCUT2D eigenvalue weighted by Crippen LogP contribution is 1.96. The molecule has 0 bridgehead atoms. The second kappa shape index (κ2) is 7.23. The summed E-state index contributed by atoms with van der Waals surface area (Å²) in [5.74, 6) is 0.342. The predicted molar refractivity (Wildman–Crippen MR) is 59.8 cm³/mol. The Bertz CT molecular complexity index is 217. The van der Waals surface area contributed by atoms with E-state index >= 15 is 0 Å². The van der Waals surface area contributed by atoms with Crippen LogP contribution in [0.5, 0.6) is 0 Å². The van der Waals surface area contributed by atoms with Crippen molar-refractivity contribution in [3.05, 3.63) is 0 Å². The Morgan fingerprint density at radius 2 is 2.13 bits per heavy atom. The number of nitrogens with one attached hydrogen (secondary N) is 2. The highest BCUT2D eigenvalue weighted by molar-refractivity contribution is 5.80. The van der Waals surface area contributed by atoms with Gasteiger partial charge in [0.15, 0.2) is 0 Å². The lowest BCUT2D eigenvalue weighted by atomic mass is 10.1. The molecular weight excluding hydrogens is 194 g/mol. The first-order valence-electron chi connectivity index (χ1n) is 5.14. The Kier molecular flexibility index (Phi) is 6.70. The molecule has 0 rings (SSSR count). The number of ether oxygens (including phenoxy) is 1. The number of carbonyl (C=O) groups is 1. The summed E-state index contributed by atoms with van der Waals surface area (Å²) < 4.78 is 4.50. The maximum Gasteiger partial charge on any atom is 0.322 e. The molecule has 1 unspecified atom stereocenters. The Morgan fingerprint density at radius 1 is 1.53 bits per heavy atom. The number of esters is 1. The van der Waals surface area contributed by atoms with Gasteiger partial charge in [0, 0.05) is 12.5 Å². The second-order valence-corrected chi connectivity index (χ2v) is 3.77. The number of nitrogens with two attached hydrogens (primary N) is 1. The van der Waals surface area contributed by atoms with Gasteiger partial charge in [-0.05, 0) is 12.8 Å². The number of hydrogen-bond acceptors (Lipinski definition) is 4. The van der Waals surface area contributed by atoms with Crippen molar-refractivity contribution in [1.29, 1.82) is 5.41 Å². The van der Waals surface area contributed by atoms with Gasteiger partial charge in [-0.3, -0.25) is 10.2 Å². The van der Waals surface area contributed by atoms with Crippen LogP contribution in [0.1, 0.15) is 26.7 Å². The summed E-state index contributed by atoms with van der Waals surface area (Å²) in [7, 11) is 1.33. The maximum atomic E-state index is 10.9. The van der Waals surface area contributed by atoms with Crippen LogP contribution in [0.4, 0.5) is 0 Å².